The molecule has 1 N–H and O–H groups in total. The molecule has 0 aromatic heterocycles. The lowest BCUT2D eigenvalue weighted by Gasteiger charge is -2.35. The summed E-state index contributed by atoms with van der Waals surface area (Å²) in [5.41, 5.74) is 0.921. The third-order valence-electron chi connectivity index (χ3n) is 4.19. The van der Waals surface area contributed by atoms with E-state index in [0.29, 0.717) is 31.1 Å². The van der Waals surface area contributed by atoms with Crippen LogP contribution in [0.25, 0.3) is 0 Å². The van der Waals surface area contributed by atoms with Gasteiger partial charge in [0.2, 0.25) is 15.9 Å². The molecule has 6 nitrogen and oxygen atoms in total. The fourth-order valence-corrected chi connectivity index (χ4v) is 5.31. The third-order valence-corrected chi connectivity index (χ3v) is 7.03. The molecule has 0 spiro atoms. The summed E-state index contributed by atoms with van der Waals surface area (Å²) in [6.45, 7) is 3.48. The number of nitrogens with zero attached hydrogens (tertiary/aromatic N) is 2. The molecular weight excluding hydrogens is 334 g/mol. The lowest BCUT2D eigenvalue weighted by Crippen LogP contribution is -2.54. The molecule has 2 aliphatic rings. The minimum atomic E-state index is -3.48. The van der Waals surface area contributed by atoms with E-state index in [1.54, 1.807) is 34.9 Å². The number of piperazine rings is 1. The summed E-state index contributed by atoms with van der Waals surface area (Å²) in [5, 5.41) is 3.17. The van der Waals surface area contributed by atoms with Gasteiger partial charge in [0.1, 0.15) is 0 Å². The molecular formula is C15H21N3O3S2. The highest BCUT2D eigenvalue weighted by molar-refractivity contribution is 7.99. The minimum Gasteiger partial charge on any atom is -0.339 e. The van der Waals surface area contributed by atoms with Crippen molar-refractivity contribution in [2.24, 2.45) is 0 Å². The Balaban J connectivity index is 1.65. The van der Waals surface area contributed by atoms with E-state index in [9.17, 15) is 13.2 Å². The number of benzene rings is 1. The van der Waals surface area contributed by atoms with Gasteiger partial charge in [0.15, 0.2) is 0 Å². The number of thioether (sulfide) groups is 1. The van der Waals surface area contributed by atoms with Crippen LogP contribution in [-0.4, -0.2) is 67.4 Å². The van der Waals surface area contributed by atoms with Crippen molar-refractivity contribution in [1.82, 2.24) is 14.5 Å². The lowest BCUT2D eigenvalue weighted by molar-refractivity contribution is -0.133. The topological polar surface area (TPSA) is 69.7 Å². The van der Waals surface area contributed by atoms with E-state index >= 15 is 0 Å². The summed E-state index contributed by atoms with van der Waals surface area (Å²) in [6, 6.07) is 6.82. The number of hydrogen-bond donors (Lipinski definition) is 1. The van der Waals surface area contributed by atoms with Crippen molar-refractivity contribution in [2.75, 3.05) is 37.8 Å². The van der Waals surface area contributed by atoms with Crippen molar-refractivity contribution in [1.29, 1.82) is 0 Å². The van der Waals surface area contributed by atoms with Gasteiger partial charge in [-0.05, 0) is 24.6 Å². The summed E-state index contributed by atoms with van der Waals surface area (Å²) < 4.78 is 26.8. The highest BCUT2D eigenvalue weighted by Gasteiger charge is 2.33. The predicted molar refractivity (Wildman–Crippen MR) is 90.8 cm³/mol. The van der Waals surface area contributed by atoms with Crippen LogP contribution in [0.1, 0.15) is 5.56 Å². The molecule has 126 valence electrons. The first-order valence-corrected chi connectivity index (χ1v) is 10.2. The second-order valence-electron chi connectivity index (χ2n) is 5.82. The second-order valence-corrected chi connectivity index (χ2v) is 8.79. The van der Waals surface area contributed by atoms with E-state index in [1.165, 1.54) is 4.31 Å². The molecule has 1 atom stereocenters. The number of rotatable bonds is 3. The normalized spacial score (nSPS) is 23.2. The molecule has 0 bridgehead atoms. The van der Waals surface area contributed by atoms with Crippen LogP contribution in [0.2, 0.25) is 0 Å². The smallest absolute Gasteiger partial charge is 0.243 e. The molecule has 0 radical (unpaired) electrons. The largest absolute Gasteiger partial charge is 0.339 e. The fourth-order valence-electron chi connectivity index (χ4n) is 2.85. The number of carbonyl (C=O) groups is 1. The number of sulfonamides is 1. The van der Waals surface area contributed by atoms with Gasteiger partial charge in [-0.15, -0.1) is 11.8 Å². The van der Waals surface area contributed by atoms with Crippen LogP contribution in [0.3, 0.4) is 0 Å². The third kappa shape index (κ3) is 3.55. The molecule has 1 unspecified atom stereocenters. The number of hydrogen-bond acceptors (Lipinski definition) is 5. The van der Waals surface area contributed by atoms with Gasteiger partial charge in [-0.3, -0.25) is 10.1 Å². The van der Waals surface area contributed by atoms with E-state index < -0.39 is 10.0 Å². The van der Waals surface area contributed by atoms with Crippen LogP contribution in [0, 0.1) is 6.92 Å². The van der Waals surface area contributed by atoms with Crippen LogP contribution < -0.4 is 5.32 Å². The first kappa shape index (κ1) is 16.8. The quantitative estimate of drug-likeness (QED) is 0.855. The molecule has 2 fully saturated rings. The van der Waals surface area contributed by atoms with Crippen molar-refractivity contribution < 1.29 is 13.2 Å². The summed E-state index contributed by atoms with van der Waals surface area (Å²) in [4.78, 5) is 14.4. The summed E-state index contributed by atoms with van der Waals surface area (Å²) in [6.07, 6.45) is 0. The first-order chi connectivity index (χ1) is 11.0. The van der Waals surface area contributed by atoms with E-state index in [4.69, 9.17) is 0 Å². The Morgan fingerprint density at radius 2 is 2.00 bits per heavy atom. The minimum absolute atomic E-state index is 0.0857. The second kappa shape index (κ2) is 6.80. The van der Waals surface area contributed by atoms with Crippen molar-refractivity contribution in [3.63, 3.8) is 0 Å². The monoisotopic (exact) mass is 355 g/mol. The molecule has 0 aliphatic carbocycles. The molecule has 2 saturated heterocycles. The van der Waals surface area contributed by atoms with Crippen LogP contribution in [0.5, 0.6) is 0 Å². The summed E-state index contributed by atoms with van der Waals surface area (Å²) in [7, 11) is -3.48. The molecule has 3 rings (SSSR count). The van der Waals surface area contributed by atoms with Gasteiger partial charge >= 0.3 is 0 Å². The zero-order valence-corrected chi connectivity index (χ0v) is 14.7. The lowest BCUT2D eigenvalue weighted by atomic mass is 10.2. The van der Waals surface area contributed by atoms with Gasteiger partial charge in [-0.1, -0.05) is 12.1 Å². The van der Waals surface area contributed by atoms with Crippen LogP contribution in [0.4, 0.5) is 0 Å². The van der Waals surface area contributed by atoms with Crippen molar-refractivity contribution in [3.05, 3.63) is 29.8 Å². The van der Waals surface area contributed by atoms with Crippen LogP contribution >= 0.6 is 11.8 Å². The maximum Gasteiger partial charge on any atom is 0.243 e. The van der Waals surface area contributed by atoms with E-state index in [0.717, 1.165) is 17.2 Å². The Kier molecular flexibility index (Phi) is 4.96. The molecule has 1 amide bonds. The Labute approximate surface area is 141 Å². The SMILES string of the molecule is Cc1cccc(S(=O)(=O)N2CCN(C(=O)C3CSCN3)CC2)c1. The average Bonchev–Trinajstić information content (AvgIpc) is 3.09. The van der Waals surface area contributed by atoms with Crippen LogP contribution in [0.15, 0.2) is 29.2 Å². The standard InChI is InChI=1S/C15H21N3O3S2/c1-12-3-2-4-13(9-12)23(20,21)18-7-5-17(6-8-18)15(19)14-10-22-11-16-14/h2-4,9,14,16H,5-8,10-11H2,1H3. The predicted octanol–water partition coefficient (Wildman–Crippen LogP) is 0.490. The molecule has 23 heavy (non-hydrogen) atoms. The molecule has 2 heterocycles. The number of aryl methyl sites for hydroxylation is 1. The van der Waals surface area contributed by atoms with Gasteiger partial charge in [0, 0.05) is 37.8 Å². The maximum atomic E-state index is 12.7. The van der Waals surface area contributed by atoms with Gasteiger partial charge in [-0.2, -0.15) is 4.31 Å². The van der Waals surface area contributed by atoms with Gasteiger partial charge < -0.3 is 4.90 Å². The Bertz CT molecular complexity index is 679. The van der Waals surface area contributed by atoms with Gasteiger partial charge in [0.05, 0.1) is 10.9 Å². The Hall–Kier alpha value is -1.09. The van der Waals surface area contributed by atoms with E-state index in [-0.39, 0.29) is 11.9 Å². The average molecular weight is 355 g/mol. The van der Waals surface area contributed by atoms with Crippen molar-refractivity contribution >= 4 is 27.7 Å². The highest BCUT2D eigenvalue weighted by atomic mass is 32.2. The van der Waals surface area contributed by atoms with Crippen LogP contribution in [-0.2, 0) is 14.8 Å². The highest BCUT2D eigenvalue weighted by Crippen LogP contribution is 2.19. The first-order valence-electron chi connectivity index (χ1n) is 7.65. The number of amides is 1. The molecule has 0 saturated carbocycles. The van der Waals surface area contributed by atoms with Crippen molar-refractivity contribution in [3.8, 4) is 0 Å². The van der Waals surface area contributed by atoms with Gasteiger partial charge in [-0.25, -0.2) is 8.42 Å². The zero-order valence-electron chi connectivity index (χ0n) is 13.1. The molecule has 1 aromatic carbocycles. The zero-order chi connectivity index (χ0) is 16.4. The molecule has 2 aliphatic heterocycles. The fraction of sp³-hybridized carbons (Fsp3) is 0.533. The Morgan fingerprint density at radius 1 is 1.26 bits per heavy atom. The number of carbonyl (C=O) groups excluding carboxylic acids is 1. The van der Waals surface area contributed by atoms with Crippen molar-refractivity contribution in [2.45, 2.75) is 17.9 Å². The molecule has 1 aromatic rings. The molecule has 8 heteroatoms. The van der Waals surface area contributed by atoms with E-state index in [1.807, 2.05) is 13.0 Å². The van der Waals surface area contributed by atoms with E-state index in [2.05, 4.69) is 5.32 Å². The summed E-state index contributed by atoms with van der Waals surface area (Å²) in [5.74, 6) is 1.68. The van der Waals surface area contributed by atoms with Gasteiger partial charge in [0.25, 0.3) is 0 Å². The summed E-state index contributed by atoms with van der Waals surface area (Å²) >= 11 is 1.71. The Morgan fingerprint density at radius 3 is 2.61 bits per heavy atom. The number of nitrogens with one attached hydrogen (secondary N) is 1. The maximum absolute atomic E-state index is 12.7.